The van der Waals surface area contributed by atoms with Crippen molar-refractivity contribution in [3.05, 3.63) is 17.6 Å². The number of ether oxygens (including phenoxy) is 1. The summed E-state index contributed by atoms with van der Waals surface area (Å²) in [6.45, 7) is 8.98. The number of rotatable bonds is 11. The van der Waals surface area contributed by atoms with Crippen molar-refractivity contribution in [3.63, 3.8) is 0 Å². The van der Waals surface area contributed by atoms with Crippen LogP contribution in [0.5, 0.6) is 0 Å². The Morgan fingerprint density at radius 1 is 1.28 bits per heavy atom. The molecule has 1 unspecified atom stereocenters. The molecule has 1 atom stereocenters. The van der Waals surface area contributed by atoms with E-state index in [9.17, 15) is 9.90 Å². The molecule has 2 aromatic rings. The van der Waals surface area contributed by atoms with Gasteiger partial charge in [0.2, 0.25) is 0 Å². The first-order valence-corrected chi connectivity index (χ1v) is 11.2. The van der Waals surface area contributed by atoms with E-state index in [1.165, 1.54) is 0 Å². The van der Waals surface area contributed by atoms with Crippen LogP contribution in [0.2, 0.25) is 0 Å². The van der Waals surface area contributed by atoms with Gasteiger partial charge in [0, 0.05) is 13.1 Å². The van der Waals surface area contributed by atoms with E-state index in [1.807, 2.05) is 32.2 Å². The van der Waals surface area contributed by atoms with Crippen LogP contribution in [0.25, 0.3) is 10.2 Å². The second-order valence-corrected chi connectivity index (χ2v) is 8.96. The molecule has 0 spiro atoms. The van der Waals surface area contributed by atoms with Gasteiger partial charge in [-0.3, -0.25) is 4.98 Å². The summed E-state index contributed by atoms with van der Waals surface area (Å²) in [4.78, 5) is 16.1. The molecule has 0 radical (unpaired) electrons. The Labute approximate surface area is 177 Å². The number of aliphatic hydroxyl groups is 1. The van der Waals surface area contributed by atoms with Crippen LogP contribution in [0.15, 0.2) is 17.6 Å². The van der Waals surface area contributed by atoms with Crippen molar-refractivity contribution in [2.24, 2.45) is 0 Å². The number of alkyl carbamates (subject to hydrolysis) is 1. The third kappa shape index (κ3) is 8.06. The first kappa shape index (κ1) is 23.2. The largest absolute Gasteiger partial charge is 0.444 e. The van der Waals surface area contributed by atoms with Gasteiger partial charge in [0.25, 0.3) is 0 Å². The Hall–Kier alpha value is -2.06. The van der Waals surface area contributed by atoms with Gasteiger partial charge in [-0.05, 0) is 57.9 Å². The molecule has 0 aliphatic heterocycles. The third-order valence-corrected chi connectivity index (χ3v) is 5.12. The van der Waals surface area contributed by atoms with Crippen molar-refractivity contribution in [2.45, 2.75) is 71.6 Å². The van der Waals surface area contributed by atoms with Gasteiger partial charge in [-0.1, -0.05) is 13.3 Å². The number of pyridine rings is 1. The lowest BCUT2D eigenvalue weighted by Crippen LogP contribution is -2.33. The Bertz CT molecular complexity index is 773. The molecule has 1 amide bonds. The number of thiophene rings is 1. The smallest absolute Gasteiger partial charge is 0.407 e. The molecule has 29 heavy (non-hydrogen) atoms. The lowest BCUT2D eigenvalue weighted by atomic mass is 10.2. The van der Waals surface area contributed by atoms with Crippen molar-refractivity contribution in [1.82, 2.24) is 10.3 Å². The highest BCUT2D eigenvalue weighted by Gasteiger charge is 2.15. The van der Waals surface area contributed by atoms with Crippen LogP contribution >= 0.6 is 11.3 Å². The number of fused-ring (bicyclic) bond motifs is 1. The molecule has 0 aliphatic rings. The van der Waals surface area contributed by atoms with E-state index >= 15 is 0 Å². The van der Waals surface area contributed by atoms with Gasteiger partial charge >= 0.3 is 6.09 Å². The molecule has 0 fully saturated rings. The molecule has 162 valence electrons. The number of carbonyl (C=O) groups excluding carboxylic acids is 1. The van der Waals surface area contributed by atoms with Crippen LogP contribution in [0, 0.1) is 0 Å². The van der Waals surface area contributed by atoms with Crippen LogP contribution in [0.3, 0.4) is 0 Å². The number of anilines is 2. The fourth-order valence-corrected chi connectivity index (χ4v) is 3.69. The first-order valence-electron chi connectivity index (χ1n) is 10.3. The zero-order chi connectivity index (χ0) is 21.3. The zero-order valence-electron chi connectivity index (χ0n) is 17.9. The fraction of sp³-hybridized carbons (Fsp3) is 0.619. The molecule has 2 heterocycles. The third-order valence-electron chi connectivity index (χ3n) is 4.20. The summed E-state index contributed by atoms with van der Waals surface area (Å²) < 4.78 is 6.30. The van der Waals surface area contributed by atoms with Gasteiger partial charge in [-0.15, -0.1) is 11.3 Å². The minimum Gasteiger partial charge on any atom is -0.444 e. The number of hydrogen-bond donors (Lipinski definition) is 4. The average molecular weight is 423 g/mol. The van der Waals surface area contributed by atoms with Gasteiger partial charge < -0.3 is 25.8 Å². The standard InChI is InChI=1S/C21H34N4O3S/c1-5-6-9-17(26)25-16-14-24-15-10-13-29-19(15)18(16)22-11-7-8-12-23-20(27)28-21(2,3)4/h10,13-14,17,25-26H,5-9,11-12H2,1-4H3,(H,22,24)(H,23,27). The second-order valence-electron chi connectivity index (χ2n) is 8.05. The second kappa shape index (κ2) is 11.2. The highest BCUT2D eigenvalue weighted by atomic mass is 32.1. The van der Waals surface area contributed by atoms with Crippen LogP contribution in [0.1, 0.15) is 59.8 Å². The van der Waals surface area contributed by atoms with Crippen molar-refractivity contribution < 1.29 is 14.6 Å². The highest BCUT2D eigenvalue weighted by molar-refractivity contribution is 7.17. The van der Waals surface area contributed by atoms with Gasteiger partial charge in [-0.25, -0.2) is 4.79 Å². The summed E-state index contributed by atoms with van der Waals surface area (Å²) in [6.07, 6.45) is 5.25. The number of hydrogen-bond acceptors (Lipinski definition) is 7. The molecule has 0 saturated carbocycles. The van der Waals surface area contributed by atoms with E-state index in [-0.39, 0.29) is 6.09 Å². The molecule has 2 aromatic heterocycles. The van der Waals surface area contributed by atoms with Gasteiger partial charge in [0.1, 0.15) is 11.8 Å². The quantitative estimate of drug-likeness (QED) is 0.303. The summed E-state index contributed by atoms with van der Waals surface area (Å²) in [5.41, 5.74) is 2.25. The molecular formula is C21H34N4O3S. The Morgan fingerprint density at radius 2 is 2.03 bits per heavy atom. The molecule has 7 nitrogen and oxygen atoms in total. The molecule has 4 N–H and O–H groups in total. The van der Waals surface area contributed by atoms with Crippen LogP contribution < -0.4 is 16.0 Å². The maximum Gasteiger partial charge on any atom is 0.407 e. The first-order chi connectivity index (χ1) is 13.8. The van der Waals surface area contributed by atoms with Crippen molar-refractivity contribution in [2.75, 3.05) is 23.7 Å². The number of nitrogens with one attached hydrogen (secondary N) is 3. The van der Waals surface area contributed by atoms with E-state index in [0.717, 1.165) is 53.8 Å². The minimum absolute atomic E-state index is 0.382. The molecule has 0 saturated heterocycles. The van der Waals surface area contributed by atoms with E-state index in [0.29, 0.717) is 13.0 Å². The summed E-state index contributed by atoms with van der Waals surface area (Å²) in [5, 5.41) is 21.7. The van der Waals surface area contributed by atoms with Crippen molar-refractivity contribution >= 4 is 39.0 Å². The summed E-state index contributed by atoms with van der Waals surface area (Å²) in [6, 6.07) is 1.99. The maximum atomic E-state index is 11.7. The summed E-state index contributed by atoms with van der Waals surface area (Å²) in [7, 11) is 0. The molecule has 8 heteroatoms. The van der Waals surface area contributed by atoms with E-state index in [2.05, 4.69) is 27.9 Å². The van der Waals surface area contributed by atoms with Crippen molar-refractivity contribution in [3.8, 4) is 0 Å². The molecule has 0 aliphatic carbocycles. The zero-order valence-corrected chi connectivity index (χ0v) is 18.7. The van der Waals surface area contributed by atoms with Crippen molar-refractivity contribution in [1.29, 1.82) is 0 Å². The number of nitrogens with zero attached hydrogens (tertiary/aromatic N) is 1. The molecule has 0 bridgehead atoms. The fourth-order valence-electron chi connectivity index (χ4n) is 2.81. The number of unbranched alkanes of at least 4 members (excludes halogenated alkanes) is 2. The van der Waals surface area contributed by atoms with Gasteiger partial charge in [0.05, 0.1) is 27.8 Å². The average Bonchev–Trinajstić information content (AvgIpc) is 3.11. The monoisotopic (exact) mass is 422 g/mol. The van der Waals surface area contributed by atoms with E-state index < -0.39 is 11.8 Å². The van der Waals surface area contributed by atoms with Crippen LogP contribution in [-0.2, 0) is 4.74 Å². The van der Waals surface area contributed by atoms with Crippen LogP contribution in [-0.4, -0.2) is 41.1 Å². The number of amides is 1. The lowest BCUT2D eigenvalue weighted by molar-refractivity contribution is 0.0527. The summed E-state index contributed by atoms with van der Waals surface area (Å²) in [5.74, 6) is 0. The normalized spacial score (nSPS) is 12.6. The molecule has 2 rings (SSSR count). The minimum atomic E-state index is -0.590. The predicted octanol–water partition coefficient (Wildman–Crippen LogP) is 4.93. The number of aliphatic hydroxyl groups excluding tert-OH is 1. The van der Waals surface area contributed by atoms with E-state index in [1.54, 1.807) is 17.5 Å². The molecular weight excluding hydrogens is 388 g/mol. The van der Waals surface area contributed by atoms with Gasteiger partial charge in [-0.2, -0.15) is 0 Å². The topological polar surface area (TPSA) is 95.5 Å². The van der Waals surface area contributed by atoms with E-state index in [4.69, 9.17) is 4.74 Å². The summed E-state index contributed by atoms with van der Waals surface area (Å²) >= 11 is 1.63. The Morgan fingerprint density at radius 3 is 2.76 bits per heavy atom. The molecule has 0 aromatic carbocycles. The highest BCUT2D eigenvalue weighted by Crippen LogP contribution is 2.34. The Kier molecular flexibility index (Phi) is 8.98. The predicted molar refractivity (Wildman–Crippen MR) is 121 cm³/mol. The maximum absolute atomic E-state index is 11.7. The van der Waals surface area contributed by atoms with Gasteiger partial charge in [0.15, 0.2) is 0 Å². The Balaban J connectivity index is 1.86. The lowest BCUT2D eigenvalue weighted by Gasteiger charge is -2.20. The number of carbonyl (C=O) groups is 1. The SMILES string of the molecule is CCCCC(O)Nc1cnc2ccsc2c1NCCCCNC(=O)OC(C)(C)C. The van der Waals surface area contributed by atoms with Crippen LogP contribution in [0.4, 0.5) is 16.2 Å². The number of aromatic nitrogens is 1.